The Kier molecular flexibility index (Phi) is 3.11. The lowest BCUT2D eigenvalue weighted by Gasteiger charge is -2.42. The molecule has 1 aliphatic rings. The van der Waals surface area contributed by atoms with Gasteiger partial charge in [0.05, 0.1) is 0 Å². The second-order valence-corrected chi connectivity index (χ2v) is 4.86. The summed E-state index contributed by atoms with van der Waals surface area (Å²) >= 11 is 0. The van der Waals surface area contributed by atoms with E-state index in [0.29, 0.717) is 6.42 Å². The van der Waals surface area contributed by atoms with Crippen LogP contribution in [0.4, 0.5) is 5.69 Å². The topological polar surface area (TPSA) is 49.4 Å². The Balaban J connectivity index is 2.44. The molecule has 0 spiro atoms. The van der Waals surface area contributed by atoms with Gasteiger partial charge in [0.15, 0.2) is 0 Å². The Bertz CT molecular complexity index is 472. The van der Waals surface area contributed by atoms with Gasteiger partial charge in [0, 0.05) is 5.69 Å². The lowest BCUT2D eigenvalue weighted by atomic mass is 9.92. The van der Waals surface area contributed by atoms with Crippen LogP contribution in [0.5, 0.6) is 0 Å². The van der Waals surface area contributed by atoms with E-state index in [4.69, 9.17) is 0 Å². The third-order valence-electron chi connectivity index (χ3n) is 3.60. The Hall–Kier alpha value is -1.84. The number of amides is 2. The first-order valence-electron chi connectivity index (χ1n) is 6.20. The molecule has 2 rings (SSSR count). The standard InChI is InChI=1S/C14H18N2O2/c1-4-14(3)13(18)16(10(2)12(17)15-14)11-8-6-5-7-9-11/h5-10H,4H2,1-3H3,(H,15,17). The molecule has 0 aliphatic carbocycles. The van der Waals surface area contributed by atoms with Crippen LogP contribution in [-0.4, -0.2) is 23.4 Å². The average molecular weight is 246 g/mol. The maximum Gasteiger partial charge on any atom is 0.253 e. The van der Waals surface area contributed by atoms with Crippen LogP contribution < -0.4 is 10.2 Å². The van der Waals surface area contributed by atoms with E-state index >= 15 is 0 Å². The molecule has 4 nitrogen and oxygen atoms in total. The van der Waals surface area contributed by atoms with Crippen LogP contribution in [0.25, 0.3) is 0 Å². The fourth-order valence-electron chi connectivity index (χ4n) is 2.16. The van der Waals surface area contributed by atoms with Gasteiger partial charge in [-0.3, -0.25) is 14.5 Å². The normalized spacial score (nSPS) is 28.2. The van der Waals surface area contributed by atoms with Crippen molar-refractivity contribution in [2.45, 2.75) is 38.8 Å². The van der Waals surface area contributed by atoms with Gasteiger partial charge in [-0.2, -0.15) is 0 Å². The van der Waals surface area contributed by atoms with Crippen LogP contribution in [-0.2, 0) is 9.59 Å². The van der Waals surface area contributed by atoms with Crippen LogP contribution >= 0.6 is 0 Å². The minimum atomic E-state index is -0.806. The van der Waals surface area contributed by atoms with Crippen molar-refractivity contribution < 1.29 is 9.59 Å². The summed E-state index contributed by atoms with van der Waals surface area (Å²) in [5.74, 6) is -0.161. The third kappa shape index (κ3) is 1.88. The number of hydrogen-bond donors (Lipinski definition) is 1. The quantitative estimate of drug-likeness (QED) is 0.863. The predicted octanol–water partition coefficient (Wildman–Crippen LogP) is 1.71. The lowest BCUT2D eigenvalue weighted by molar-refractivity contribution is -0.137. The molecule has 18 heavy (non-hydrogen) atoms. The van der Waals surface area contributed by atoms with Crippen LogP contribution in [0.1, 0.15) is 27.2 Å². The first kappa shape index (κ1) is 12.6. The number of benzene rings is 1. The number of anilines is 1. The third-order valence-corrected chi connectivity index (χ3v) is 3.60. The Morgan fingerprint density at radius 2 is 1.89 bits per heavy atom. The summed E-state index contributed by atoms with van der Waals surface area (Å²) < 4.78 is 0. The molecule has 1 aromatic rings. The van der Waals surface area contributed by atoms with Crippen molar-refractivity contribution in [3.05, 3.63) is 30.3 Å². The molecule has 0 bridgehead atoms. The van der Waals surface area contributed by atoms with Crippen LogP contribution in [0.15, 0.2) is 30.3 Å². The highest BCUT2D eigenvalue weighted by Crippen LogP contribution is 2.26. The molecule has 2 atom stereocenters. The van der Waals surface area contributed by atoms with E-state index < -0.39 is 11.6 Å². The number of piperazine rings is 1. The molecule has 1 aromatic carbocycles. The van der Waals surface area contributed by atoms with Crippen molar-refractivity contribution in [1.82, 2.24) is 5.32 Å². The van der Waals surface area contributed by atoms with Gasteiger partial charge in [-0.15, -0.1) is 0 Å². The number of rotatable bonds is 2. The van der Waals surface area contributed by atoms with Crippen LogP contribution in [0, 0.1) is 0 Å². The van der Waals surface area contributed by atoms with Crippen molar-refractivity contribution in [3.8, 4) is 0 Å². The van der Waals surface area contributed by atoms with E-state index in [1.54, 1.807) is 18.7 Å². The van der Waals surface area contributed by atoms with E-state index in [9.17, 15) is 9.59 Å². The summed E-state index contributed by atoms with van der Waals surface area (Å²) in [7, 11) is 0. The van der Waals surface area contributed by atoms with E-state index in [2.05, 4.69) is 5.32 Å². The van der Waals surface area contributed by atoms with Gasteiger partial charge in [-0.05, 0) is 32.4 Å². The fourth-order valence-corrected chi connectivity index (χ4v) is 2.16. The minimum Gasteiger partial charge on any atom is -0.340 e. The molecule has 0 aromatic heterocycles. The van der Waals surface area contributed by atoms with Crippen LogP contribution in [0.3, 0.4) is 0 Å². The number of carbonyl (C=O) groups excluding carboxylic acids is 2. The van der Waals surface area contributed by atoms with Crippen LogP contribution in [0.2, 0.25) is 0 Å². The summed E-state index contributed by atoms with van der Waals surface area (Å²) in [5, 5.41) is 2.81. The van der Waals surface area contributed by atoms with Gasteiger partial charge in [0.25, 0.3) is 5.91 Å². The summed E-state index contributed by atoms with van der Waals surface area (Å²) in [6.45, 7) is 5.42. The number of nitrogens with one attached hydrogen (secondary N) is 1. The monoisotopic (exact) mass is 246 g/mol. The molecule has 96 valence electrons. The molecule has 1 heterocycles. The average Bonchev–Trinajstić information content (AvgIpc) is 2.38. The van der Waals surface area contributed by atoms with Gasteiger partial charge < -0.3 is 5.32 Å². The molecular weight excluding hydrogens is 228 g/mol. The predicted molar refractivity (Wildman–Crippen MR) is 70.2 cm³/mol. The van der Waals surface area contributed by atoms with Gasteiger partial charge >= 0.3 is 0 Å². The van der Waals surface area contributed by atoms with Crippen molar-refractivity contribution in [1.29, 1.82) is 0 Å². The van der Waals surface area contributed by atoms with Crippen molar-refractivity contribution in [2.24, 2.45) is 0 Å². The Labute approximate surface area is 107 Å². The molecule has 4 heteroatoms. The smallest absolute Gasteiger partial charge is 0.253 e. The molecular formula is C14H18N2O2. The molecule has 1 N–H and O–H groups in total. The highest BCUT2D eigenvalue weighted by molar-refractivity contribution is 6.10. The van der Waals surface area contributed by atoms with Gasteiger partial charge in [0.1, 0.15) is 11.6 Å². The molecule has 1 saturated heterocycles. The van der Waals surface area contributed by atoms with E-state index in [1.807, 2.05) is 37.3 Å². The molecule has 2 unspecified atom stereocenters. The Morgan fingerprint density at radius 1 is 1.28 bits per heavy atom. The number of carbonyl (C=O) groups is 2. The molecule has 1 fully saturated rings. The van der Waals surface area contributed by atoms with E-state index in [1.165, 1.54) is 0 Å². The number of nitrogens with zero attached hydrogens (tertiary/aromatic N) is 1. The second kappa shape index (κ2) is 4.44. The second-order valence-electron chi connectivity index (χ2n) is 4.86. The van der Waals surface area contributed by atoms with E-state index in [-0.39, 0.29) is 11.8 Å². The number of para-hydroxylation sites is 1. The SMILES string of the molecule is CCC1(C)NC(=O)C(C)N(c2ccccc2)C1=O. The maximum atomic E-state index is 12.5. The fraction of sp³-hybridized carbons (Fsp3) is 0.429. The molecule has 2 amide bonds. The molecule has 1 aliphatic heterocycles. The van der Waals surface area contributed by atoms with Gasteiger partial charge in [0.2, 0.25) is 5.91 Å². The largest absolute Gasteiger partial charge is 0.340 e. The van der Waals surface area contributed by atoms with Crippen molar-refractivity contribution >= 4 is 17.5 Å². The lowest BCUT2D eigenvalue weighted by Crippen LogP contribution is -2.68. The number of hydrogen-bond acceptors (Lipinski definition) is 2. The zero-order chi connectivity index (χ0) is 13.3. The maximum absolute atomic E-state index is 12.5. The zero-order valence-corrected chi connectivity index (χ0v) is 10.9. The zero-order valence-electron chi connectivity index (χ0n) is 10.9. The highest BCUT2D eigenvalue weighted by atomic mass is 16.2. The summed E-state index contributed by atoms with van der Waals surface area (Å²) in [6, 6.07) is 8.85. The van der Waals surface area contributed by atoms with Crippen molar-refractivity contribution in [3.63, 3.8) is 0 Å². The minimum absolute atomic E-state index is 0.0525. The highest BCUT2D eigenvalue weighted by Gasteiger charge is 2.45. The first-order chi connectivity index (χ1) is 8.49. The van der Waals surface area contributed by atoms with Gasteiger partial charge in [-0.1, -0.05) is 25.1 Å². The molecule has 0 saturated carbocycles. The Morgan fingerprint density at radius 3 is 2.44 bits per heavy atom. The molecule has 0 radical (unpaired) electrons. The first-order valence-corrected chi connectivity index (χ1v) is 6.20. The van der Waals surface area contributed by atoms with Gasteiger partial charge in [-0.25, -0.2) is 0 Å². The summed E-state index contributed by atoms with van der Waals surface area (Å²) in [4.78, 5) is 26.1. The summed E-state index contributed by atoms with van der Waals surface area (Å²) in [5.41, 5.74) is -0.0380. The summed E-state index contributed by atoms with van der Waals surface area (Å²) in [6.07, 6.45) is 0.577. The van der Waals surface area contributed by atoms with Crippen molar-refractivity contribution in [2.75, 3.05) is 4.90 Å². The van der Waals surface area contributed by atoms with E-state index in [0.717, 1.165) is 5.69 Å².